The van der Waals surface area contributed by atoms with E-state index >= 15 is 0 Å². The van der Waals surface area contributed by atoms with Gasteiger partial charge in [-0.2, -0.15) is 0 Å². The first kappa shape index (κ1) is 15.2. The van der Waals surface area contributed by atoms with Crippen molar-refractivity contribution in [3.8, 4) is 5.75 Å². The van der Waals surface area contributed by atoms with E-state index in [1.165, 1.54) is 0 Å². The molecule has 0 bridgehead atoms. The Bertz CT molecular complexity index is 614. The summed E-state index contributed by atoms with van der Waals surface area (Å²) in [4.78, 5) is 0. The summed E-state index contributed by atoms with van der Waals surface area (Å²) in [6, 6.07) is 5.83. The lowest BCUT2D eigenvalue weighted by atomic mass is 10.2. The zero-order chi connectivity index (χ0) is 14.4. The van der Waals surface area contributed by atoms with Gasteiger partial charge in [0.1, 0.15) is 5.75 Å². The average Bonchev–Trinajstić information content (AvgIpc) is 2.56. The maximum absolute atomic E-state index is 6.27. The fraction of sp³-hybridized carbons (Fsp3) is 0.429. The molecule has 0 saturated carbocycles. The number of fused-ring (bicyclic) bond motifs is 1. The predicted molar refractivity (Wildman–Crippen MR) is 91.8 cm³/mol. The predicted octanol–water partition coefficient (Wildman–Crippen LogP) is 6.07. The second kappa shape index (κ2) is 4.97. The van der Waals surface area contributed by atoms with Crippen LogP contribution in [0.2, 0.25) is 23.2 Å². The second-order valence-corrected chi connectivity index (χ2v) is 12.4. The van der Waals surface area contributed by atoms with E-state index < -0.39 is 8.32 Å². The van der Waals surface area contributed by atoms with Crippen LogP contribution in [-0.2, 0) is 0 Å². The standard InChI is InChI=1S/C14H18ClIO2Si/c1-14(2,3)19(4,5)18-10-6-9-7-12(16)17-13(9)11(15)8-10/h6-8H,1-5H3. The molecule has 0 aliphatic rings. The van der Waals surface area contributed by atoms with Gasteiger partial charge in [-0.1, -0.05) is 32.4 Å². The molecule has 2 nitrogen and oxygen atoms in total. The lowest BCUT2D eigenvalue weighted by molar-refractivity contribution is 0.492. The highest BCUT2D eigenvalue weighted by Crippen LogP contribution is 2.39. The highest BCUT2D eigenvalue weighted by atomic mass is 127. The molecule has 0 aliphatic carbocycles. The second-order valence-electron chi connectivity index (χ2n) is 6.24. The van der Waals surface area contributed by atoms with Crippen LogP contribution in [0, 0.1) is 3.77 Å². The van der Waals surface area contributed by atoms with Crippen molar-refractivity contribution in [2.75, 3.05) is 0 Å². The van der Waals surface area contributed by atoms with E-state index in [0.717, 1.165) is 20.5 Å². The van der Waals surface area contributed by atoms with E-state index in [-0.39, 0.29) is 5.04 Å². The van der Waals surface area contributed by atoms with E-state index in [2.05, 4.69) is 56.5 Å². The van der Waals surface area contributed by atoms with Gasteiger partial charge in [0.25, 0.3) is 0 Å². The van der Waals surface area contributed by atoms with Gasteiger partial charge < -0.3 is 8.84 Å². The average molecular weight is 409 g/mol. The van der Waals surface area contributed by atoms with Gasteiger partial charge in [-0.05, 0) is 52.9 Å². The molecule has 2 rings (SSSR count). The number of furan rings is 1. The Labute approximate surface area is 133 Å². The Hall–Kier alpha value is -0.203. The minimum atomic E-state index is -1.84. The molecular weight excluding hydrogens is 391 g/mol. The van der Waals surface area contributed by atoms with Crippen molar-refractivity contribution in [3.63, 3.8) is 0 Å². The number of hydrogen-bond donors (Lipinski definition) is 0. The fourth-order valence-corrected chi connectivity index (χ4v) is 3.38. The minimum Gasteiger partial charge on any atom is -0.543 e. The van der Waals surface area contributed by atoms with Gasteiger partial charge in [0, 0.05) is 11.5 Å². The monoisotopic (exact) mass is 408 g/mol. The van der Waals surface area contributed by atoms with Crippen molar-refractivity contribution in [2.45, 2.75) is 38.9 Å². The Morgan fingerprint density at radius 1 is 1.21 bits per heavy atom. The summed E-state index contributed by atoms with van der Waals surface area (Å²) >= 11 is 8.40. The van der Waals surface area contributed by atoms with Crippen molar-refractivity contribution in [2.24, 2.45) is 0 Å². The molecule has 0 amide bonds. The van der Waals surface area contributed by atoms with Gasteiger partial charge in [-0.15, -0.1) is 0 Å². The molecule has 104 valence electrons. The Morgan fingerprint density at radius 2 is 1.84 bits per heavy atom. The summed E-state index contributed by atoms with van der Waals surface area (Å²) in [7, 11) is -1.84. The van der Waals surface area contributed by atoms with Crippen LogP contribution in [0.1, 0.15) is 20.8 Å². The first-order chi connectivity index (χ1) is 8.60. The molecule has 1 aromatic carbocycles. The Kier molecular flexibility index (Phi) is 3.97. The van der Waals surface area contributed by atoms with Gasteiger partial charge in [0.05, 0.1) is 5.02 Å². The molecule has 0 radical (unpaired) electrons. The topological polar surface area (TPSA) is 22.4 Å². The van der Waals surface area contributed by atoms with Crippen LogP contribution in [0.4, 0.5) is 0 Å². The van der Waals surface area contributed by atoms with E-state index in [0.29, 0.717) is 5.02 Å². The van der Waals surface area contributed by atoms with Crippen LogP contribution in [0.25, 0.3) is 11.0 Å². The van der Waals surface area contributed by atoms with Gasteiger partial charge in [0.15, 0.2) is 9.35 Å². The summed E-state index contributed by atoms with van der Waals surface area (Å²) in [6.07, 6.45) is 0. The molecule has 0 fully saturated rings. The van der Waals surface area contributed by atoms with Crippen LogP contribution in [-0.4, -0.2) is 8.32 Å². The fourth-order valence-electron chi connectivity index (χ4n) is 1.56. The van der Waals surface area contributed by atoms with Crippen LogP contribution in [0.3, 0.4) is 0 Å². The quantitative estimate of drug-likeness (QED) is 0.444. The van der Waals surface area contributed by atoms with E-state index in [1.54, 1.807) is 0 Å². The molecule has 0 unspecified atom stereocenters. The molecular formula is C14H18ClIO2Si. The molecule has 1 heterocycles. The highest BCUT2D eigenvalue weighted by Gasteiger charge is 2.39. The highest BCUT2D eigenvalue weighted by molar-refractivity contribution is 14.1. The van der Waals surface area contributed by atoms with Gasteiger partial charge in [0.2, 0.25) is 8.32 Å². The van der Waals surface area contributed by atoms with Crippen molar-refractivity contribution in [1.29, 1.82) is 0 Å². The third-order valence-electron chi connectivity index (χ3n) is 3.69. The molecule has 0 saturated heterocycles. The molecule has 1 aromatic heterocycles. The van der Waals surface area contributed by atoms with E-state index in [1.807, 2.05) is 18.2 Å². The Balaban J connectivity index is 2.42. The van der Waals surface area contributed by atoms with Crippen LogP contribution in [0.15, 0.2) is 22.6 Å². The van der Waals surface area contributed by atoms with Crippen LogP contribution in [0.5, 0.6) is 5.75 Å². The van der Waals surface area contributed by atoms with Crippen molar-refractivity contribution >= 4 is 53.5 Å². The zero-order valence-electron chi connectivity index (χ0n) is 11.8. The maximum Gasteiger partial charge on any atom is 0.250 e. The van der Waals surface area contributed by atoms with E-state index in [4.69, 9.17) is 20.4 Å². The lowest BCUT2D eigenvalue weighted by Gasteiger charge is -2.36. The van der Waals surface area contributed by atoms with Gasteiger partial charge >= 0.3 is 0 Å². The number of halogens is 2. The molecule has 0 N–H and O–H groups in total. The minimum absolute atomic E-state index is 0.166. The molecule has 0 spiro atoms. The summed E-state index contributed by atoms with van der Waals surface area (Å²) in [6.45, 7) is 11.1. The molecule has 19 heavy (non-hydrogen) atoms. The number of rotatable bonds is 2. The summed E-state index contributed by atoms with van der Waals surface area (Å²) in [5.41, 5.74) is 0.730. The first-order valence-corrected chi connectivity index (χ1v) is 10.5. The molecule has 2 aromatic rings. The smallest absolute Gasteiger partial charge is 0.250 e. The van der Waals surface area contributed by atoms with Crippen LogP contribution >= 0.6 is 34.2 Å². The van der Waals surface area contributed by atoms with E-state index in [9.17, 15) is 0 Å². The lowest BCUT2D eigenvalue weighted by Crippen LogP contribution is -2.43. The molecule has 0 atom stereocenters. The zero-order valence-corrected chi connectivity index (χ0v) is 15.7. The largest absolute Gasteiger partial charge is 0.543 e. The number of benzene rings is 1. The molecule has 0 aliphatic heterocycles. The maximum atomic E-state index is 6.27. The van der Waals surface area contributed by atoms with Gasteiger partial charge in [-0.3, -0.25) is 0 Å². The SMILES string of the molecule is CC(C)(C)[Si](C)(C)Oc1cc(Cl)c2oc(I)cc2c1. The van der Waals surface area contributed by atoms with Gasteiger partial charge in [-0.25, -0.2) is 0 Å². The summed E-state index contributed by atoms with van der Waals surface area (Å²) in [5, 5.41) is 1.76. The third kappa shape index (κ3) is 3.11. The number of hydrogen-bond acceptors (Lipinski definition) is 2. The van der Waals surface area contributed by atoms with Crippen molar-refractivity contribution < 1.29 is 8.84 Å². The van der Waals surface area contributed by atoms with Crippen LogP contribution < -0.4 is 4.43 Å². The first-order valence-electron chi connectivity index (χ1n) is 6.18. The third-order valence-corrected chi connectivity index (χ3v) is 8.86. The molecule has 5 heteroatoms. The van der Waals surface area contributed by atoms with Crippen molar-refractivity contribution in [1.82, 2.24) is 0 Å². The Morgan fingerprint density at radius 3 is 2.42 bits per heavy atom. The normalized spacial score (nSPS) is 13.0. The van der Waals surface area contributed by atoms with Crippen molar-refractivity contribution in [3.05, 3.63) is 27.0 Å². The summed E-state index contributed by atoms with van der Waals surface area (Å²) < 4.78 is 12.7. The summed E-state index contributed by atoms with van der Waals surface area (Å²) in [5.74, 6) is 0.835.